The molecule has 0 aliphatic carbocycles. The van der Waals surface area contributed by atoms with Gasteiger partial charge in [-0.25, -0.2) is 0 Å². The lowest BCUT2D eigenvalue weighted by Gasteiger charge is -2.09. The van der Waals surface area contributed by atoms with E-state index in [-0.39, 0.29) is 12.3 Å². The molecule has 2 aromatic carbocycles. The summed E-state index contributed by atoms with van der Waals surface area (Å²) in [5.74, 6) is -1.65. The number of carbonyl (C=O) groups excluding carboxylic acids is 3. The maximum absolute atomic E-state index is 12.5. The van der Waals surface area contributed by atoms with Gasteiger partial charge >= 0.3 is 12.1 Å². The molecule has 2 aromatic rings. The number of amides is 2. The van der Waals surface area contributed by atoms with Gasteiger partial charge in [0.05, 0.1) is 12.0 Å². The van der Waals surface area contributed by atoms with E-state index in [1.165, 1.54) is 18.2 Å². The van der Waals surface area contributed by atoms with Crippen molar-refractivity contribution in [2.75, 3.05) is 18.5 Å². The fraction of sp³-hybridized carbons (Fsp3) is 0.250. The molecular weight excluding hydrogens is 389 g/mol. The smallest absolute Gasteiger partial charge is 0.416 e. The zero-order chi connectivity index (χ0) is 21.4. The number of esters is 1. The first-order valence-electron chi connectivity index (χ1n) is 8.69. The van der Waals surface area contributed by atoms with Crippen LogP contribution in [0.25, 0.3) is 0 Å². The minimum absolute atomic E-state index is 0.266. The lowest BCUT2D eigenvalue weighted by atomic mass is 10.1. The van der Waals surface area contributed by atoms with E-state index in [1.807, 2.05) is 0 Å². The molecule has 0 aliphatic rings. The van der Waals surface area contributed by atoms with Crippen LogP contribution in [-0.2, 0) is 26.9 Å². The van der Waals surface area contributed by atoms with Crippen LogP contribution in [0.15, 0.2) is 48.5 Å². The highest BCUT2D eigenvalue weighted by Gasteiger charge is 2.30. The number of anilines is 1. The number of hydrogen-bond donors (Lipinski definition) is 2. The van der Waals surface area contributed by atoms with Gasteiger partial charge in [-0.2, -0.15) is 13.2 Å². The topological polar surface area (TPSA) is 84.5 Å². The number of halogens is 3. The molecule has 154 valence electrons. The van der Waals surface area contributed by atoms with Crippen LogP contribution in [0.1, 0.15) is 28.4 Å². The Morgan fingerprint density at radius 2 is 1.72 bits per heavy atom. The van der Waals surface area contributed by atoms with E-state index in [4.69, 9.17) is 4.74 Å². The molecular formula is C20H19F3N2O4. The van der Waals surface area contributed by atoms with Gasteiger partial charge in [-0.3, -0.25) is 14.4 Å². The van der Waals surface area contributed by atoms with Crippen molar-refractivity contribution >= 4 is 23.5 Å². The number of nitrogens with one attached hydrogen (secondary N) is 2. The summed E-state index contributed by atoms with van der Waals surface area (Å²) in [6.45, 7) is 1.68. The van der Waals surface area contributed by atoms with E-state index < -0.39 is 30.2 Å². The van der Waals surface area contributed by atoms with Gasteiger partial charge in [0.2, 0.25) is 0 Å². The molecule has 0 aliphatic heterocycles. The molecule has 0 atom stereocenters. The lowest BCUT2D eigenvalue weighted by molar-refractivity contribution is -0.146. The zero-order valence-corrected chi connectivity index (χ0v) is 15.5. The summed E-state index contributed by atoms with van der Waals surface area (Å²) in [5.41, 5.74) is 0.239. The van der Waals surface area contributed by atoms with Crippen LogP contribution < -0.4 is 10.6 Å². The zero-order valence-electron chi connectivity index (χ0n) is 15.5. The standard InChI is InChI=1S/C20H19F3N2O4/c1-2-24-19(28)14-4-3-5-16(11-14)25-17(26)12-29-18(27)10-13-6-8-15(9-7-13)20(21,22)23/h3-9,11H,2,10,12H2,1H3,(H,24,28)(H,25,26). The van der Waals surface area contributed by atoms with Gasteiger partial charge in [0.15, 0.2) is 6.61 Å². The Balaban J connectivity index is 1.84. The number of carbonyl (C=O) groups is 3. The summed E-state index contributed by atoms with van der Waals surface area (Å²) in [4.78, 5) is 35.5. The second-order valence-corrected chi connectivity index (χ2v) is 6.02. The molecule has 0 bridgehead atoms. The third-order valence-corrected chi connectivity index (χ3v) is 3.74. The highest BCUT2D eigenvalue weighted by atomic mass is 19.4. The minimum atomic E-state index is -4.45. The highest BCUT2D eigenvalue weighted by molar-refractivity contribution is 5.97. The Morgan fingerprint density at radius 1 is 1.03 bits per heavy atom. The van der Waals surface area contributed by atoms with Gasteiger partial charge in [-0.05, 0) is 42.8 Å². The van der Waals surface area contributed by atoms with E-state index in [0.717, 1.165) is 12.1 Å². The molecule has 0 radical (unpaired) electrons. The normalized spacial score (nSPS) is 10.9. The maximum Gasteiger partial charge on any atom is 0.416 e. The first-order chi connectivity index (χ1) is 13.7. The molecule has 2 N–H and O–H groups in total. The molecule has 2 amide bonds. The summed E-state index contributed by atoms with van der Waals surface area (Å²) in [6, 6.07) is 10.3. The largest absolute Gasteiger partial charge is 0.455 e. The lowest BCUT2D eigenvalue weighted by Crippen LogP contribution is -2.24. The van der Waals surface area contributed by atoms with E-state index in [9.17, 15) is 27.6 Å². The fourth-order valence-corrected chi connectivity index (χ4v) is 2.37. The number of rotatable bonds is 7. The Bertz CT molecular complexity index is 880. The number of alkyl halides is 3. The van der Waals surface area contributed by atoms with Crippen LogP contribution in [0.3, 0.4) is 0 Å². The van der Waals surface area contributed by atoms with Gasteiger partial charge < -0.3 is 15.4 Å². The third-order valence-electron chi connectivity index (χ3n) is 3.74. The van der Waals surface area contributed by atoms with Crippen molar-refractivity contribution in [2.45, 2.75) is 19.5 Å². The predicted molar refractivity (Wildman–Crippen MR) is 99.2 cm³/mol. The van der Waals surface area contributed by atoms with Crippen molar-refractivity contribution in [3.8, 4) is 0 Å². The Labute approximate surface area is 165 Å². The molecule has 0 saturated carbocycles. The average molecular weight is 408 g/mol. The molecule has 6 nitrogen and oxygen atoms in total. The van der Waals surface area contributed by atoms with Crippen LogP contribution in [-0.4, -0.2) is 30.9 Å². The van der Waals surface area contributed by atoms with Crippen molar-refractivity contribution in [1.29, 1.82) is 0 Å². The predicted octanol–water partition coefficient (Wildman–Crippen LogP) is 3.18. The van der Waals surface area contributed by atoms with E-state index in [2.05, 4.69) is 10.6 Å². The summed E-state index contributed by atoms with van der Waals surface area (Å²) >= 11 is 0. The maximum atomic E-state index is 12.5. The van der Waals surface area contributed by atoms with Crippen LogP contribution in [0.2, 0.25) is 0 Å². The Morgan fingerprint density at radius 3 is 2.34 bits per heavy atom. The highest BCUT2D eigenvalue weighted by Crippen LogP contribution is 2.29. The van der Waals surface area contributed by atoms with Crippen LogP contribution in [0.4, 0.5) is 18.9 Å². The summed E-state index contributed by atoms with van der Waals surface area (Å²) in [6.07, 6.45) is -4.72. The van der Waals surface area contributed by atoms with Gasteiger partial charge in [0.25, 0.3) is 11.8 Å². The number of benzene rings is 2. The molecule has 0 unspecified atom stereocenters. The summed E-state index contributed by atoms with van der Waals surface area (Å²) in [7, 11) is 0. The SMILES string of the molecule is CCNC(=O)c1cccc(NC(=O)COC(=O)Cc2ccc(C(F)(F)F)cc2)c1. The number of hydrogen-bond acceptors (Lipinski definition) is 4. The van der Waals surface area contributed by atoms with E-state index >= 15 is 0 Å². The Hall–Kier alpha value is -3.36. The summed E-state index contributed by atoms with van der Waals surface area (Å²) < 4.78 is 42.4. The fourth-order valence-electron chi connectivity index (χ4n) is 2.37. The Kier molecular flexibility index (Phi) is 7.35. The van der Waals surface area contributed by atoms with Crippen molar-refractivity contribution < 1.29 is 32.3 Å². The molecule has 0 heterocycles. The van der Waals surface area contributed by atoms with Crippen molar-refractivity contribution in [1.82, 2.24) is 5.32 Å². The first kappa shape index (κ1) is 21.9. The van der Waals surface area contributed by atoms with Crippen LogP contribution in [0.5, 0.6) is 0 Å². The average Bonchev–Trinajstić information content (AvgIpc) is 2.66. The minimum Gasteiger partial charge on any atom is -0.455 e. The first-order valence-corrected chi connectivity index (χ1v) is 8.69. The molecule has 29 heavy (non-hydrogen) atoms. The molecule has 0 saturated heterocycles. The molecule has 0 spiro atoms. The van der Waals surface area contributed by atoms with Crippen LogP contribution >= 0.6 is 0 Å². The van der Waals surface area contributed by atoms with Gasteiger partial charge in [0.1, 0.15) is 0 Å². The second-order valence-electron chi connectivity index (χ2n) is 6.02. The summed E-state index contributed by atoms with van der Waals surface area (Å²) in [5, 5.41) is 5.14. The van der Waals surface area contributed by atoms with Crippen molar-refractivity contribution in [3.63, 3.8) is 0 Å². The van der Waals surface area contributed by atoms with Crippen molar-refractivity contribution in [2.24, 2.45) is 0 Å². The van der Waals surface area contributed by atoms with Crippen molar-refractivity contribution in [3.05, 3.63) is 65.2 Å². The number of ether oxygens (including phenoxy) is 1. The monoisotopic (exact) mass is 408 g/mol. The van der Waals surface area contributed by atoms with E-state index in [1.54, 1.807) is 25.1 Å². The third kappa shape index (κ3) is 6.95. The van der Waals surface area contributed by atoms with Gasteiger partial charge in [-0.15, -0.1) is 0 Å². The van der Waals surface area contributed by atoms with Gasteiger partial charge in [-0.1, -0.05) is 18.2 Å². The second kappa shape index (κ2) is 9.72. The molecule has 0 fully saturated rings. The van der Waals surface area contributed by atoms with Gasteiger partial charge in [0, 0.05) is 17.8 Å². The quantitative estimate of drug-likeness (QED) is 0.690. The molecule has 9 heteroatoms. The van der Waals surface area contributed by atoms with Crippen LogP contribution in [0, 0.1) is 0 Å². The molecule has 0 aromatic heterocycles. The molecule has 2 rings (SSSR count). The van der Waals surface area contributed by atoms with E-state index in [0.29, 0.717) is 23.4 Å².